The van der Waals surface area contributed by atoms with E-state index in [1.807, 2.05) is 0 Å². The molecule has 0 aliphatic heterocycles. The van der Waals surface area contributed by atoms with Crippen LogP contribution in [0.4, 0.5) is 10.2 Å². The van der Waals surface area contributed by atoms with Crippen molar-refractivity contribution in [1.82, 2.24) is 9.78 Å². The van der Waals surface area contributed by atoms with E-state index in [0.717, 1.165) is 5.56 Å². The number of nitrogens with zero attached hydrogens (tertiary/aromatic N) is 2. The largest absolute Gasteiger partial charge is 0.482 e. The summed E-state index contributed by atoms with van der Waals surface area (Å²) in [6, 6.07) is 10.7. The first-order chi connectivity index (χ1) is 16.2. The smallest absolute Gasteiger partial charge is 0.292 e. The topological polar surface area (TPSA) is 69.3 Å². The highest BCUT2D eigenvalue weighted by Crippen LogP contribution is 2.48. The molecule has 0 saturated heterocycles. The Morgan fingerprint density at radius 1 is 0.941 bits per heavy atom. The minimum atomic E-state index is -0.507. The Morgan fingerprint density at radius 3 is 2.26 bits per heavy atom. The predicted octanol–water partition coefficient (Wildman–Crippen LogP) is 7.76. The van der Waals surface area contributed by atoms with E-state index in [1.165, 1.54) is 18.2 Å². The predicted molar refractivity (Wildman–Crippen MR) is 130 cm³/mol. The molecule has 34 heavy (non-hydrogen) atoms. The molecule has 0 fully saturated rings. The number of rotatable bonds is 7. The molecule has 1 N–H and O–H groups in total. The van der Waals surface area contributed by atoms with E-state index in [9.17, 15) is 9.18 Å². The van der Waals surface area contributed by atoms with Crippen LogP contribution in [0.15, 0.2) is 53.1 Å². The average molecular weight is 564 g/mol. The molecule has 0 radical (unpaired) electrons. The van der Waals surface area contributed by atoms with Crippen molar-refractivity contribution in [2.45, 2.75) is 13.2 Å². The zero-order valence-corrected chi connectivity index (χ0v) is 20.7. The average Bonchev–Trinajstić information content (AvgIpc) is 3.47. The summed E-state index contributed by atoms with van der Waals surface area (Å²) in [5.74, 6) is -0.0983. The van der Waals surface area contributed by atoms with E-state index < -0.39 is 5.91 Å². The molecule has 0 saturated carbocycles. The van der Waals surface area contributed by atoms with Crippen molar-refractivity contribution in [2.75, 3.05) is 5.32 Å². The van der Waals surface area contributed by atoms with Gasteiger partial charge in [-0.15, -0.1) is 0 Å². The quantitative estimate of drug-likeness (QED) is 0.184. The van der Waals surface area contributed by atoms with Crippen molar-refractivity contribution in [3.8, 4) is 5.75 Å². The van der Waals surface area contributed by atoms with Crippen molar-refractivity contribution < 1.29 is 18.3 Å². The van der Waals surface area contributed by atoms with Crippen LogP contribution >= 0.6 is 58.0 Å². The Labute approximate surface area is 218 Å². The van der Waals surface area contributed by atoms with Crippen molar-refractivity contribution in [2.24, 2.45) is 0 Å². The summed E-state index contributed by atoms with van der Waals surface area (Å²) in [6.07, 6.45) is 1.69. The third-order valence-electron chi connectivity index (χ3n) is 4.55. The second-order valence-electron chi connectivity index (χ2n) is 6.93. The summed E-state index contributed by atoms with van der Waals surface area (Å²) >= 11 is 30.3. The van der Waals surface area contributed by atoms with Gasteiger partial charge in [0.05, 0.1) is 21.6 Å². The van der Waals surface area contributed by atoms with Crippen molar-refractivity contribution in [3.05, 3.63) is 96.7 Å². The number of carbonyl (C=O) groups is 1. The van der Waals surface area contributed by atoms with Gasteiger partial charge < -0.3 is 14.5 Å². The molecule has 2 aromatic carbocycles. The maximum atomic E-state index is 13.0. The zero-order valence-electron chi connectivity index (χ0n) is 16.9. The fraction of sp³-hybridized carbons (Fsp3) is 0.0909. The highest BCUT2D eigenvalue weighted by Gasteiger charge is 2.21. The molecule has 0 bridgehead atoms. The van der Waals surface area contributed by atoms with E-state index in [-0.39, 0.29) is 49.0 Å². The molecular formula is C22H13Cl5FN3O3. The number of furan rings is 1. The maximum absolute atomic E-state index is 13.0. The monoisotopic (exact) mass is 561 g/mol. The lowest BCUT2D eigenvalue weighted by Gasteiger charge is -2.12. The van der Waals surface area contributed by atoms with E-state index >= 15 is 0 Å². The number of halogens is 6. The van der Waals surface area contributed by atoms with E-state index in [2.05, 4.69) is 10.4 Å². The Morgan fingerprint density at radius 2 is 1.59 bits per heavy atom. The molecule has 4 aromatic rings. The number of amides is 1. The van der Waals surface area contributed by atoms with Gasteiger partial charge in [-0.2, -0.15) is 5.10 Å². The Kier molecular flexibility index (Phi) is 7.60. The molecule has 0 spiro atoms. The Balaban J connectivity index is 1.38. The summed E-state index contributed by atoms with van der Waals surface area (Å²) in [5.41, 5.74) is 0.863. The molecule has 2 heterocycles. The molecule has 12 heteroatoms. The number of anilines is 1. The maximum Gasteiger partial charge on any atom is 0.292 e. The van der Waals surface area contributed by atoms with Gasteiger partial charge in [0.25, 0.3) is 5.91 Å². The van der Waals surface area contributed by atoms with Gasteiger partial charge in [-0.1, -0.05) is 70.1 Å². The SMILES string of the molecule is O=C(Nc1ccn(Cc2ccc(F)cc2)n1)c1ccc(COc2c(Cl)c(Cl)c(Cl)c(Cl)c2Cl)o1. The highest BCUT2D eigenvalue weighted by molar-refractivity contribution is 6.55. The number of nitrogens with one attached hydrogen (secondary N) is 1. The first-order valence-electron chi connectivity index (χ1n) is 9.55. The lowest BCUT2D eigenvalue weighted by Crippen LogP contribution is -2.12. The van der Waals surface area contributed by atoms with Gasteiger partial charge in [0, 0.05) is 12.3 Å². The van der Waals surface area contributed by atoms with Crippen LogP contribution in [0.1, 0.15) is 21.9 Å². The minimum Gasteiger partial charge on any atom is -0.482 e. The standard InChI is InChI=1S/C22H13Cl5FN3O3/c23-16-17(24)19(26)21(20(27)18(16)25)33-10-13-5-6-14(34-13)22(32)29-15-7-8-31(30-15)9-11-1-3-12(28)4-2-11/h1-8H,9-10H2,(H,29,30,32). The van der Waals surface area contributed by atoms with E-state index in [4.69, 9.17) is 67.2 Å². The number of benzene rings is 2. The second-order valence-corrected chi connectivity index (χ2v) is 8.82. The summed E-state index contributed by atoms with van der Waals surface area (Å²) in [4.78, 5) is 12.5. The second kappa shape index (κ2) is 10.5. The summed E-state index contributed by atoms with van der Waals surface area (Å²) in [7, 11) is 0. The van der Waals surface area contributed by atoms with E-state index in [1.54, 1.807) is 35.1 Å². The van der Waals surface area contributed by atoms with Gasteiger partial charge in [-0.05, 0) is 29.8 Å². The molecule has 4 rings (SSSR count). The number of ether oxygens (including phenoxy) is 1. The summed E-state index contributed by atoms with van der Waals surface area (Å²) in [6.45, 7) is 0.315. The zero-order chi connectivity index (χ0) is 24.4. The molecule has 6 nitrogen and oxygen atoms in total. The van der Waals surface area contributed by atoms with Crippen LogP contribution < -0.4 is 10.1 Å². The number of hydrogen-bond donors (Lipinski definition) is 1. The van der Waals surface area contributed by atoms with Gasteiger partial charge in [0.15, 0.2) is 17.3 Å². The van der Waals surface area contributed by atoms with Crippen LogP contribution in [0.5, 0.6) is 5.75 Å². The van der Waals surface area contributed by atoms with Crippen molar-refractivity contribution in [1.29, 1.82) is 0 Å². The number of aromatic nitrogens is 2. The van der Waals surface area contributed by atoms with Crippen LogP contribution in [0, 0.1) is 5.82 Å². The normalized spacial score (nSPS) is 11.0. The molecule has 1 amide bonds. The van der Waals surface area contributed by atoms with E-state index in [0.29, 0.717) is 18.1 Å². The van der Waals surface area contributed by atoms with Gasteiger partial charge in [0.2, 0.25) is 0 Å². The lowest BCUT2D eigenvalue weighted by atomic mass is 10.2. The third kappa shape index (κ3) is 5.45. The molecule has 0 unspecified atom stereocenters. The molecule has 0 atom stereocenters. The first kappa shape index (κ1) is 24.7. The first-order valence-corrected chi connectivity index (χ1v) is 11.4. The number of carbonyl (C=O) groups excluding carboxylic acids is 1. The lowest BCUT2D eigenvalue weighted by molar-refractivity contribution is 0.0992. The molecule has 0 aliphatic rings. The highest BCUT2D eigenvalue weighted by atomic mass is 35.5. The Hall–Kier alpha value is -2.42. The summed E-state index contributed by atoms with van der Waals surface area (Å²) in [5, 5.41) is 6.95. The van der Waals surface area contributed by atoms with Crippen LogP contribution in [0.2, 0.25) is 25.1 Å². The van der Waals surface area contributed by atoms with Gasteiger partial charge in [0.1, 0.15) is 28.2 Å². The number of hydrogen-bond acceptors (Lipinski definition) is 4. The van der Waals surface area contributed by atoms with Crippen LogP contribution in [-0.2, 0) is 13.2 Å². The minimum absolute atomic E-state index is 0.00168. The van der Waals surface area contributed by atoms with Crippen molar-refractivity contribution in [3.63, 3.8) is 0 Å². The molecular weight excluding hydrogens is 551 g/mol. The fourth-order valence-electron chi connectivity index (χ4n) is 2.90. The Bertz CT molecular complexity index is 1330. The molecule has 0 aliphatic carbocycles. The van der Waals surface area contributed by atoms with Crippen LogP contribution in [0.25, 0.3) is 0 Å². The van der Waals surface area contributed by atoms with Gasteiger partial charge in [-0.3, -0.25) is 9.48 Å². The summed E-state index contributed by atoms with van der Waals surface area (Å²) < 4.78 is 25.8. The van der Waals surface area contributed by atoms with Gasteiger partial charge in [-0.25, -0.2) is 4.39 Å². The van der Waals surface area contributed by atoms with Crippen molar-refractivity contribution >= 4 is 69.7 Å². The fourth-order valence-corrected chi connectivity index (χ4v) is 4.13. The molecule has 2 aromatic heterocycles. The van der Waals surface area contributed by atoms with Crippen LogP contribution in [0.3, 0.4) is 0 Å². The third-order valence-corrected chi connectivity index (χ3v) is 6.80. The van der Waals surface area contributed by atoms with Crippen LogP contribution in [-0.4, -0.2) is 15.7 Å². The van der Waals surface area contributed by atoms with Gasteiger partial charge >= 0.3 is 0 Å². The molecule has 176 valence electrons.